The van der Waals surface area contributed by atoms with Crippen molar-refractivity contribution >= 4 is 53.0 Å². The Hall–Kier alpha value is -1.92. The maximum absolute atomic E-state index is 11.4. The molecule has 1 aliphatic heterocycles. The third-order valence-electron chi connectivity index (χ3n) is 5.56. The van der Waals surface area contributed by atoms with Crippen LogP contribution in [0.25, 0.3) is 0 Å². The molecule has 1 saturated heterocycles. The average Bonchev–Trinajstić information content (AvgIpc) is 3.32. The molecule has 32 heavy (non-hydrogen) atoms. The maximum Gasteiger partial charge on any atom is 0.220 e. The molecule has 0 spiro atoms. The van der Waals surface area contributed by atoms with Gasteiger partial charge in [-0.05, 0) is 55.1 Å². The van der Waals surface area contributed by atoms with Gasteiger partial charge in [0.2, 0.25) is 5.91 Å². The van der Waals surface area contributed by atoms with E-state index in [0.29, 0.717) is 25.6 Å². The van der Waals surface area contributed by atoms with Crippen molar-refractivity contribution in [2.24, 2.45) is 16.6 Å². The van der Waals surface area contributed by atoms with Crippen LogP contribution in [-0.2, 0) is 16.9 Å². The second kappa shape index (κ2) is 12.4. The van der Waals surface area contributed by atoms with Gasteiger partial charge >= 0.3 is 0 Å². The van der Waals surface area contributed by atoms with Crippen LogP contribution in [0.15, 0.2) is 40.1 Å². The lowest BCUT2D eigenvalue weighted by molar-refractivity contribution is -0.122. The topological polar surface area (TPSA) is 116 Å². The van der Waals surface area contributed by atoms with Gasteiger partial charge < -0.3 is 26.4 Å². The standard InChI is InChI=1S/C22H32N6O2S.HI/c1-3-24-21(27-15-22(2,30)18-8-12-31-14-18)26-13-17-5-4-9-25-20(17)28-10-6-16(7-11-28)19(23)29;/h4-5,8-9,12,14,16,30H,3,6-7,10-11,13,15H2,1-2H3,(H2,23,29)(H2,24,26,27);1H. The number of thiophene rings is 1. The van der Waals surface area contributed by atoms with E-state index in [-0.39, 0.29) is 35.8 Å². The van der Waals surface area contributed by atoms with Crippen LogP contribution in [0.3, 0.4) is 0 Å². The minimum atomic E-state index is -0.986. The van der Waals surface area contributed by atoms with Crippen molar-refractivity contribution in [2.45, 2.75) is 38.8 Å². The lowest BCUT2D eigenvalue weighted by Gasteiger charge is -2.32. The molecule has 1 unspecified atom stereocenters. The van der Waals surface area contributed by atoms with Crippen molar-refractivity contribution in [3.05, 3.63) is 46.3 Å². The molecule has 0 bridgehead atoms. The number of hydrogen-bond donors (Lipinski definition) is 4. The molecule has 0 aromatic carbocycles. The van der Waals surface area contributed by atoms with Crippen LogP contribution in [0.5, 0.6) is 0 Å². The number of aromatic nitrogens is 1. The number of guanidine groups is 1. The molecule has 3 rings (SSSR count). The molecule has 3 heterocycles. The summed E-state index contributed by atoms with van der Waals surface area (Å²) in [7, 11) is 0. The van der Waals surface area contributed by atoms with E-state index >= 15 is 0 Å². The molecule has 2 aromatic rings. The van der Waals surface area contributed by atoms with Crippen LogP contribution in [0.2, 0.25) is 0 Å². The number of anilines is 1. The number of nitrogens with zero attached hydrogens (tertiary/aromatic N) is 3. The summed E-state index contributed by atoms with van der Waals surface area (Å²) in [6, 6.07) is 5.86. The van der Waals surface area contributed by atoms with E-state index < -0.39 is 5.60 Å². The molecule has 0 aliphatic carbocycles. The molecule has 8 nitrogen and oxygen atoms in total. The molecule has 10 heteroatoms. The Morgan fingerprint density at radius 1 is 1.38 bits per heavy atom. The monoisotopic (exact) mass is 572 g/mol. The predicted octanol–water partition coefficient (Wildman–Crippen LogP) is 2.43. The first-order valence-electron chi connectivity index (χ1n) is 10.7. The average molecular weight is 573 g/mol. The first kappa shape index (κ1) is 26.3. The summed E-state index contributed by atoms with van der Waals surface area (Å²) >= 11 is 1.56. The summed E-state index contributed by atoms with van der Waals surface area (Å²) in [5, 5.41) is 21.2. The number of piperidine rings is 1. The number of rotatable bonds is 8. The smallest absolute Gasteiger partial charge is 0.220 e. The van der Waals surface area contributed by atoms with Crippen molar-refractivity contribution in [3.63, 3.8) is 0 Å². The Bertz CT molecular complexity index is 882. The van der Waals surface area contributed by atoms with Crippen molar-refractivity contribution in [1.29, 1.82) is 0 Å². The summed E-state index contributed by atoms with van der Waals surface area (Å²) in [4.78, 5) is 22.9. The van der Waals surface area contributed by atoms with Crippen LogP contribution in [0.1, 0.15) is 37.8 Å². The number of primary amides is 1. The predicted molar refractivity (Wildman–Crippen MR) is 140 cm³/mol. The quantitative estimate of drug-likeness (QED) is 0.220. The molecule has 1 amide bonds. The molecule has 1 atom stereocenters. The highest BCUT2D eigenvalue weighted by Crippen LogP contribution is 2.25. The van der Waals surface area contributed by atoms with E-state index in [9.17, 15) is 9.90 Å². The third kappa shape index (κ3) is 7.04. The molecule has 176 valence electrons. The second-order valence-corrected chi connectivity index (χ2v) is 8.76. The van der Waals surface area contributed by atoms with Crippen LogP contribution in [0, 0.1) is 5.92 Å². The Morgan fingerprint density at radius 2 is 2.12 bits per heavy atom. The lowest BCUT2D eigenvalue weighted by Crippen LogP contribution is -2.44. The highest BCUT2D eigenvalue weighted by atomic mass is 127. The summed E-state index contributed by atoms with van der Waals surface area (Å²) in [5.41, 5.74) is 6.37. The summed E-state index contributed by atoms with van der Waals surface area (Å²) in [6.07, 6.45) is 3.27. The number of nitrogens with two attached hydrogens (primary N) is 1. The fourth-order valence-electron chi connectivity index (χ4n) is 3.65. The Labute approximate surface area is 210 Å². The maximum atomic E-state index is 11.4. The zero-order valence-corrected chi connectivity index (χ0v) is 21.7. The van der Waals surface area contributed by atoms with Gasteiger partial charge in [0.15, 0.2) is 5.96 Å². The Balaban J connectivity index is 0.00000363. The van der Waals surface area contributed by atoms with Gasteiger partial charge in [0, 0.05) is 37.3 Å². The van der Waals surface area contributed by atoms with E-state index in [4.69, 9.17) is 10.7 Å². The zero-order valence-electron chi connectivity index (χ0n) is 18.6. The molecule has 1 aliphatic rings. The highest BCUT2D eigenvalue weighted by Gasteiger charge is 2.25. The van der Waals surface area contributed by atoms with E-state index in [1.54, 1.807) is 24.5 Å². The minimum absolute atomic E-state index is 0. The Morgan fingerprint density at radius 3 is 2.75 bits per heavy atom. The fraction of sp³-hybridized carbons (Fsp3) is 0.500. The fourth-order valence-corrected chi connectivity index (χ4v) is 4.43. The first-order chi connectivity index (χ1) is 14.9. The van der Waals surface area contributed by atoms with Gasteiger partial charge in [-0.1, -0.05) is 6.07 Å². The third-order valence-corrected chi connectivity index (χ3v) is 6.24. The van der Waals surface area contributed by atoms with Gasteiger partial charge in [-0.2, -0.15) is 11.3 Å². The molecular formula is C22H33IN6O2S. The number of amides is 1. The number of carbonyl (C=O) groups is 1. The Kier molecular flexibility index (Phi) is 10.2. The van der Waals surface area contributed by atoms with Gasteiger partial charge in [0.05, 0.1) is 13.1 Å². The number of nitrogens with one attached hydrogen (secondary N) is 2. The van der Waals surface area contributed by atoms with Crippen LogP contribution in [-0.4, -0.2) is 48.1 Å². The van der Waals surface area contributed by atoms with Gasteiger partial charge in [-0.15, -0.1) is 24.0 Å². The van der Waals surface area contributed by atoms with Gasteiger partial charge in [0.25, 0.3) is 0 Å². The van der Waals surface area contributed by atoms with E-state index in [2.05, 4.69) is 20.5 Å². The number of aliphatic imine (C=N–C) groups is 1. The lowest BCUT2D eigenvalue weighted by atomic mass is 9.96. The molecule has 0 saturated carbocycles. The summed E-state index contributed by atoms with van der Waals surface area (Å²) in [6.45, 7) is 6.82. The van der Waals surface area contributed by atoms with Crippen molar-refractivity contribution in [2.75, 3.05) is 31.1 Å². The largest absolute Gasteiger partial charge is 0.384 e. The van der Waals surface area contributed by atoms with Gasteiger partial charge in [0.1, 0.15) is 11.4 Å². The molecule has 5 N–H and O–H groups in total. The SMILES string of the molecule is CCNC(=NCc1cccnc1N1CCC(C(N)=O)CC1)NCC(C)(O)c1ccsc1.I. The van der Waals surface area contributed by atoms with Crippen molar-refractivity contribution in [3.8, 4) is 0 Å². The van der Waals surface area contributed by atoms with Crippen LogP contribution in [0.4, 0.5) is 5.82 Å². The number of halogens is 1. The van der Waals surface area contributed by atoms with Crippen LogP contribution < -0.4 is 21.3 Å². The molecule has 1 fully saturated rings. The number of pyridine rings is 1. The van der Waals surface area contributed by atoms with E-state index in [1.165, 1.54) is 0 Å². The van der Waals surface area contributed by atoms with E-state index in [1.807, 2.05) is 35.9 Å². The second-order valence-electron chi connectivity index (χ2n) is 7.98. The van der Waals surface area contributed by atoms with Crippen molar-refractivity contribution < 1.29 is 9.90 Å². The van der Waals surface area contributed by atoms with Gasteiger partial charge in [-0.25, -0.2) is 9.98 Å². The van der Waals surface area contributed by atoms with Crippen molar-refractivity contribution in [1.82, 2.24) is 15.6 Å². The van der Waals surface area contributed by atoms with E-state index in [0.717, 1.165) is 42.9 Å². The first-order valence-corrected chi connectivity index (χ1v) is 11.6. The van der Waals surface area contributed by atoms with Crippen LogP contribution >= 0.6 is 35.3 Å². The molecule has 0 radical (unpaired) electrons. The van der Waals surface area contributed by atoms with Gasteiger partial charge in [-0.3, -0.25) is 4.79 Å². The minimum Gasteiger partial charge on any atom is -0.384 e. The number of carbonyl (C=O) groups excluding carboxylic acids is 1. The molecule has 2 aromatic heterocycles. The normalized spacial score (nSPS) is 16.7. The zero-order chi connectivity index (χ0) is 22.3. The number of hydrogen-bond acceptors (Lipinski definition) is 6. The summed E-state index contributed by atoms with van der Waals surface area (Å²) in [5.74, 6) is 1.27. The summed E-state index contributed by atoms with van der Waals surface area (Å²) < 4.78 is 0. The number of aliphatic hydroxyl groups is 1. The molecular weight excluding hydrogens is 539 g/mol. The highest BCUT2D eigenvalue weighted by molar-refractivity contribution is 14.0.